The van der Waals surface area contributed by atoms with E-state index >= 15 is 0 Å². The highest BCUT2D eigenvalue weighted by atomic mass is 127. The van der Waals surface area contributed by atoms with E-state index in [4.69, 9.17) is 11.6 Å². The molecule has 0 aliphatic heterocycles. The molecule has 1 atom stereocenters. The van der Waals surface area contributed by atoms with Gasteiger partial charge in [-0.1, -0.05) is 24.9 Å². The molecule has 1 aromatic carbocycles. The van der Waals surface area contributed by atoms with Gasteiger partial charge in [0.05, 0.1) is 10.7 Å². The standard InChI is InChI=1S/C11H15ClIN/c1-3-4-8(2)14-11-6-5-9(13)7-10(11)12/h5-8,14H,3-4H2,1-2H3. The number of hydrogen-bond donors (Lipinski definition) is 1. The smallest absolute Gasteiger partial charge is 0.0648 e. The Labute approximate surface area is 104 Å². The van der Waals surface area contributed by atoms with E-state index in [0.717, 1.165) is 10.7 Å². The molecule has 0 spiro atoms. The zero-order valence-electron chi connectivity index (χ0n) is 8.48. The topological polar surface area (TPSA) is 12.0 Å². The van der Waals surface area contributed by atoms with Gasteiger partial charge >= 0.3 is 0 Å². The predicted molar refractivity (Wildman–Crippen MR) is 72.2 cm³/mol. The summed E-state index contributed by atoms with van der Waals surface area (Å²) in [7, 11) is 0. The van der Waals surface area contributed by atoms with Gasteiger partial charge in [0.1, 0.15) is 0 Å². The molecule has 0 fully saturated rings. The molecule has 0 saturated heterocycles. The summed E-state index contributed by atoms with van der Waals surface area (Å²) < 4.78 is 1.17. The van der Waals surface area contributed by atoms with Crippen molar-refractivity contribution in [1.82, 2.24) is 0 Å². The van der Waals surface area contributed by atoms with Crippen molar-refractivity contribution < 1.29 is 0 Å². The largest absolute Gasteiger partial charge is 0.381 e. The maximum absolute atomic E-state index is 6.11. The lowest BCUT2D eigenvalue weighted by Crippen LogP contribution is -2.14. The lowest BCUT2D eigenvalue weighted by Gasteiger charge is -2.15. The predicted octanol–water partition coefficient (Wildman–Crippen LogP) is 4.55. The van der Waals surface area contributed by atoms with Gasteiger partial charge < -0.3 is 5.32 Å². The molecule has 3 heteroatoms. The molecular weight excluding hydrogens is 308 g/mol. The Balaban J connectivity index is 2.67. The molecule has 78 valence electrons. The van der Waals surface area contributed by atoms with Crippen LogP contribution in [0.5, 0.6) is 0 Å². The van der Waals surface area contributed by atoms with Gasteiger partial charge in [-0.15, -0.1) is 0 Å². The zero-order valence-corrected chi connectivity index (χ0v) is 11.4. The van der Waals surface area contributed by atoms with E-state index in [-0.39, 0.29) is 0 Å². The summed E-state index contributed by atoms with van der Waals surface area (Å²) >= 11 is 8.37. The quantitative estimate of drug-likeness (QED) is 0.802. The summed E-state index contributed by atoms with van der Waals surface area (Å²) in [6.07, 6.45) is 2.36. The van der Waals surface area contributed by atoms with Gasteiger partial charge in [-0.2, -0.15) is 0 Å². The Morgan fingerprint density at radius 1 is 1.50 bits per heavy atom. The van der Waals surface area contributed by atoms with Crippen molar-refractivity contribution in [3.63, 3.8) is 0 Å². The number of rotatable bonds is 4. The van der Waals surface area contributed by atoms with Gasteiger partial charge in [0.25, 0.3) is 0 Å². The summed E-state index contributed by atoms with van der Waals surface area (Å²) in [4.78, 5) is 0. The second-order valence-corrected chi connectivity index (χ2v) is 5.11. The lowest BCUT2D eigenvalue weighted by atomic mass is 10.2. The third-order valence-electron chi connectivity index (χ3n) is 2.05. The average Bonchev–Trinajstić information content (AvgIpc) is 2.10. The molecule has 1 unspecified atom stereocenters. The van der Waals surface area contributed by atoms with Crippen molar-refractivity contribution >= 4 is 39.9 Å². The highest BCUT2D eigenvalue weighted by Gasteiger charge is 2.04. The van der Waals surface area contributed by atoms with E-state index in [1.54, 1.807) is 0 Å². The fraction of sp³-hybridized carbons (Fsp3) is 0.455. The highest BCUT2D eigenvalue weighted by molar-refractivity contribution is 14.1. The molecule has 0 aromatic heterocycles. The van der Waals surface area contributed by atoms with Crippen molar-refractivity contribution in [3.8, 4) is 0 Å². The van der Waals surface area contributed by atoms with Crippen LogP contribution in [-0.2, 0) is 0 Å². The van der Waals surface area contributed by atoms with Crippen molar-refractivity contribution in [3.05, 3.63) is 26.8 Å². The summed E-state index contributed by atoms with van der Waals surface area (Å²) in [6.45, 7) is 4.37. The van der Waals surface area contributed by atoms with Gasteiger partial charge in [-0.3, -0.25) is 0 Å². The second kappa shape index (κ2) is 5.81. The summed E-state index contributed by atoms with van der Waals surface area (Å²) in [5.74, 6) is 0. The van der Waals surface area contributed by atoms with Gasteiger partial charge in [0.15, 0.2) is 0 Å². The number of benzene rings is 1. The van der Waals surface area contributed by atoms with E-state index in [2.05, 4.69) is 47.8 Å². The Kier molecular flexibility index (Phi) is 5.02. The van der Waals surface area contributed by atoms with Crippen LogP contribution in [0.4, 0.5) is 5.69 Å². The molecule has 0 aliphatic rings. The Morgan fingerprint density at radius 2 is 2.21 bits per heavy atom. The van der Waals surface area contributed by atoms with Crippen molar-refractivity contribution in [1.29, 1.82) is 0 Å². The summed E-state index contributed by atoms with van der Waals surface area (Å²) in [6, 6.07) is 6.56. The lowest BCUT2D eigenvalue weighted by molar-refractivity contribution is 0.690. The van der Waals surface area contributed by atoms with Gasteiger partial charge in [-0.25, -0.2) is 0 Å². The highest BCUT2D eigenvalue weighted by Crippen LogP contribution is 2.24. The normalized spacial score (nSPS) is 12.6. The minimum Gasteiger partial charge on any atom is -0.381 e. The molecule has 0 bridgehead atoms. The van der Waals surface area contributed by atoms with Crippen LogP contribution in [0.2, 0.25) is 5.02 Å². The Bertz CT molecular complexity index is 301. The van der Waals surface area contributed by atoms with Crippen LogP contribution < -0.4 is 5.32 Å². The first-order chi connectivity index (χ1) is 6.63. The fourth-order valence-electron chi connectivity index (χ4n) is 1.38. The molecule has 0 saturated carbocycles. The average molecular weight is 324 g/mol. The SMILES string of the molecule is CCCC(C)Nc1ccc(I)cc1Cl. The maximum atomic E-state index is 6.11. The van der Waals surface area contributed by atoms with E-state index in [9.17, 15) is 0 Å². The number of halogens is 2. The van der Waals surface area contributed by atoms with Gasteiger partial charge in [0, 0.05) is 9.61 Å². The first-order valence-corrected chi connectivity index (χ1v) is 6.30. The summed E-state index contributed by atoms with van der Waals surface area (Å²) in [5, 5.41) is 4.21. The zero-order chi connectivity index (χ0) is 10.6. The van der Waals surface area contributed by atoms with E-state index in [0.29, 0.717) is 6.04 Å². The van der Waals surface area contributed by atoms with Crippen LogP contribution in [0.25, 0.3) is 0 Å². The van der Waals surface area contributed by atoms with Crippen molar-refractivity contribution in [2.24, 2.45) is 0 Å². The first kappa shape index (κ1) is 12.1. The second-order valence-electron chi connectivity index (χ2n) is 3.46. The molecule has 0 radical (unpaired) electrons. The molecule has 0 heterocycles. The third kappa shape index (κ3) is 3.65. The Morgan fingerprint density at radius 3 is 2.79 bits per heavy atom. The van der Waals surface area contributed by atoms with Gasteiger partial charge in [0.2, 0.25) is 0 Å². The monoisotopic (exact) mass is 323 g/mol. The minimum atomic E-state index is 0.484. The van der Waals surface area contributed by atoms with Crippen LogP contribution >= 0.6 is 34.2 Å². The van der Waals surface area contributed by atoms with E-state index in [1.807, 2.05) is 12.1 Å². The third-order valence-corrected chi connectivity index (χ3v) is 3.04. The number of nitrogens with one attached hydrogen (secondary N) is 1. The molecular formula is C11H15ClIN. The molecule has 0 amide bonds. The Hall–Kier alpha value is 0.0400. The molecule has 1 rings (SSSR count). The summed E-state index contributed by atoms with van der Waals surface area (Å²) in [5.41, 5.74) is 1.04. The fourth-order valence-corrected chi connectivity index (χ4v) is 2.29. The van der Waals surface area contributed by atoms with Crippen LogP contribution in [0.1, 0.15) is 26.7 Å². The molecule has 0 aliphatic carbocycles. The van der Waals surface area contributed by atoms with E-state index < -0.39 is 0 Å². The molecule has 14 heavy (non-hydrogen) atoms. The van der Waals surface area contributed by atoms with Crippen LogP contribution in [0, 0.1) is 3.57 Å². The molecule has 1 N–H and O–H groups in total. The van der Waals surface area contributed by atoms with Crippen LogP contribution in [0.3, 0.4) is 0 Å². The minimum absolute atomic E-state index is 0.484. The van der Waals surface area contributed by atoms with E-state index in [1.165, 1.54) is 16.4 Å². The van der Waals surface area contributed by atoms with Crippen molar-refractivity contribution in [2.75, 3.05) is 5.32 Å². The van der Waals surface area contributed by atoms with Crippen molar-refractivity contribution in [2.45, 2.75) is 32.7 Å². The first-order valence-electron chi connectivity index (χ1n) is 4.85. The number of anilines is 1. The van der Waals surface area contributed by atoms with Crippen LogP contribution in [-0.4, -0.2) is 6.04 Å². The number of hydrogen-bond acceptors (Lipinski definition) is 1. The van der Waals surface area contributed by atoms with Crippen LogP contribution in [0.15, 0.2) is 18.2 Å². The maximum Gasteiger partial charge on any atom is 0.0648 e. The molecule has 1 nitrogen and oxygen atoms in total. The molecule has 1 aromatic rings. The van der Waals surface area contributed by atoms with Gasteiger partial charge in [-0.05, 0) is 54.1 Å².